The molecule has 126 valence electrons. The van der Waals surface area contributed by atoms with Crippen LogP contribution in [-0.2, 0) is 0 Å². The molecule has 1 saturated heterocycles. The summed E-state index contributed by atoms with van der Waals surface area (Å²) in [5, 5.41) is 0. The lowest BCUT2D eigenvalue weighted by Gasteiger charge is -2.21. The van der Waals surface area contributed by atoms with Crippen LogP contribution >= 0.6 is 0 Å². The summed E-state index contributed by atoms with van der Waals surface area (Å²) in [6.45, 7) is 6.91. The van der Waals surface area contributed by atoms with Gasteiger partial charge in [0.15, 0.2) is 0 Å². The van der Waals surface area contributed by atoms with Crippen LogP contribution in [-0.4, -0.2) is 53.2 Å². The van der Waals surface area contributed by atoms with Crippen LogP contribution in [0.25, 0.3) is 0 Å². The summed E-state index contributed by atoms with van der Waals surface area (Å²) in [7, 11) is 0. The Labute approximate surface area is 140 Å². The standard InChI is InChI=1S/C18H21N3O3/c1-3-6-20-17(23)14-5-4-13(8-15(14)18(20)24)16(22)21-10-12(9-19)7-11(21)2/h3-5,8,11-12H,1,6-7,9-10,19H2,2H3. The van der Waals surface area contributed by atoms with Crippen LogP contribution in [0.5, 0.6) is 0 Å². The quantitative estimate of drug-likeness (QED) is 0.667. The Morgan fingerprint density at radius 3 is 2.67 bits per heavy atom. The Hall–Kier alpha value is -2.47. The number of hydrogen-bond acceptors (Lipinski definition) is 4. The summed E-state index contributed by atoms with van der Waals surface area (Å²) in [6.07, 6.45) is 2.39. The van der Waals surface area contributed by atoms with Gasteiger partial charge in [0, 0.05) is 24.7 Å². The minimum Gasteiger partial charge on any atom is -0.336 e. The zero-order valence-electron chi connectivity index (χ0n) is 13.7. The molecule has 0 aliphatic carbocycles. The van der Waals surface area contributed by atoms with E-state index in [4.69, 9.17) is 5.73 Å². The van der Waals surface area contributed by atoms with E-state index in [2.05, 4.69) is 6.58 Å². The Bertz CT molecular complexity index is 728. The van der Waals surface area contributed by atoms with Crippen LogP contribution in [0.15, 0.2) is 30.9 Å². The van der Waals surface area contributed by atoms with Crippen LogP contribution in [0.4, 0.5) is 0 Å². The van der Waals surface area contributed by atoms with Gasteiger partial charge in [0.25, 0.3) is 17.7 Å². The summed E-state index contributed by atoms with van der Waals surface area (Å²) >= 11 is 0. The minimum absolute atomic E-state index is 0.119. The molecule has 3 amide bonds. The topological polar surface area (TPSA) is 83.7 Å². The van der Waals surface area contributed by atoms with Gasteiger partial charge in [-0.05, 0) is 44.0 Å². The first-order valence-corrected chi connectivity index (χ1v) is 8.10. The highest BCUT2D eigenvalue weighted by atomic mass is 16.2. The summed E-state index contributed by atoms with van der Waals surface area (Å²) in [5.74, 6) is -0.529. The van der Waals surface area contributed by atoms with E-state index in [1.807, 2.05) is 6.92 Å². The molecule has 2 unspecified atom stereocenters. The zero-order valence-corrected chi connectivity index (χ0v) is 13.7. The predicted molar refractivity (Wildman–Crippen MR) is 89.7 cm³/mol. The number of hydrogen-bond donors (Lipinski definition) is 1. The highest BCUT2D eigenvalue weighted by Gasteiger charge is 2.37. The molecule has 2 aliphatic heterocycles. The summed E-state index contributed by atoms with van der Waals surface area (Å²) in [6, 6.07) is 4.83. The predicted octanol–water partition coefficient (Wildman–Crippen LogP) is 1.28. The van der Waals surface area contributed by atoms with Gasteiger partial charge in [-0.2, -0.15) is 0 Å². The van der Waals surface area contributed by atoms with Crippen molar-refractivity contribution in [2.75, 3.05) is 19.6 Å². The first-order valence-electron chi connectivity index (χ1n) is 8.10. The highest BCUT2D eigenvalue weighted by Crippen LogP contribution is 2.27. The second kappa shape index (κ2) is 6.20. The lowest BCUT2D eigenvalue weighted by molar-refractivity contribution is 0.0671. The van der Waals surface area contributed by atoms with E-state index in [0.717, 1.165) is 11.3 Å². The number of carbonyl (C=O) groups excluding carboxylic acids is 3. The van der Waals surface area contributed by atoms with Crippen LogP contribution in [0, 0.1) is 5.92 Å². The number of benzene rings is 1. The SMILES string of the molecule is C=CCN1C(=O)c2ccc(C(=O)N3CC(CN)CC3C)cc2C1=O. The van der Waals surface area contributed by atoms with Gasteiger partial charge in [-0.3, -0.25) is 19.3 Å². The van der Waals surface area contributed by atoms with Gasteiger partial charge in [-0.25, -0.2) is 0 Å². The molecule has 6 nitrogen and oxygen atoms in total. The molecule has 24 heavy (non-hydrogen) atoms. The third kappa shape index (κ3) is 2.53. The molecule has 1 fully saturated rings. The number of rotatable bonds is 4. The second-order valence-corrected chi connectivity index (χ2v) is 6.41. The van der Waals surface area contributed by atoms with Crippen molar-refractivity contribution in [3.05, 3.63) is 47.5 Å². The summed E-state index contributed by atoms with van der Waals surface area (Å²) < 4.78 is 0. The van der Waals surface area contributed by atoms with Crippen molar-refractivity contribution >= 4 is 17.7 Å². The number of carbonyl (C=O) groups is 3. The van der Waals surface area contributed by atoms with Crippen molar-refractivity contribution in [3.8, 4) is 0 Å². The van der Waals surface area contributed by atoms with Crippen LogP contribution in [0.3, 0.4) is 0 Å². The molecular weight excluding hydrogens is 306 g/mol. The smallest absolute Gasteiger partial charge is 0.261 e. The number of nitrogens with zero attached hydrogens (tertiary/aromatic N) is 2. The first kappa shape index (κ1) is 16.4. The third-order valence-electron chi connectivity index (χ3n) is 4.78. The maximum absolute atomic E-state index is 12.8. The van der Waals surface area contributed by atoms with E-state index < -0.39 is 0 Å². The van der Waals surface area contributed by atoms with Gasteiger partial charge < -0.3 is 10.6 Å². The van der Waals surface area contributed by atoms with Gasteiger partial charge in [0.05, 0.1) is 11.1 Å². The fourth-order valence-corrected chi connectivity index (χ4v) is 3.48. The molecule has 1 aromatic rings. The number of likely N-dealkylation sites (tertiary alicyclic amines) is 1. The Morgan fingerprint density at radius 2 is 2.04 bits per heavy atom. The van der Waals surface area contributed by atoms with Crippen LogP contribution in [0.2, 0.25) is 0 Å². The number of amides is 3. The van der Waals surface area contributed by atoms with Crippen molar-refractivity contribution in [3.63, 3.8) is 0 Å². The van der Waals surface area contributed by atoms with Gasteiger partial charge >= 0.3 is 0 Å². The number of imide groups is 1. The molecule has 0 saturated carbocycles. The van der Waals surface area contributed by atoms with E-state index in [-0.39, 0.29) is 35.9 Å². The van der Waals surface area contributed by atoms with E-state index in [1.165, 1.54) is 12.1 Å². The molecule has 1 aromatic carbocycles. The Morgan fingerprint density at radius 1 is 1.33 bits per heavy atom. The van der Waals surface area contributed by atoms with Gasteiger partial charge in [0.2, 0.25) is 0 Å². The molecule has 2 atom stereocenters. The van der Waals surface area contributed by atoms with Crippen LogP contribution < -0.4 is 5.73 Å². The highest BCUT2D eigenvalue weighted by molar-refractivity contribution is 6.22. The summed E-state index contributed by atoms with van der Waals surface area (Å²) in [4.78, 5) is 40.3. The monoisotopic (exact) mass is 327 g/mol. The lowest BCUT2D eigenvalue weighted by Crippen LogP contribution is -2.34. The van der Waals surface area contributed by atoms with E-state index >= 15 is 0 Å². The van der Waals surface area contributed by atoms with Crippen LogP contribution in [0.1, 0.15) is 44.4 Å². The fourth-order valence-electron chi connectivity index (χ4n) is 3.48. The minimum atomic E-state index is -0.376. The molecule has 0 spiro atoms. The maximum atomic E-state index is 12.8. The second-order valence-electron chi connectivity index (χ2n) is 6.41. The Balaban J connectivity index is 1.88. The number of nitrogens with two attached hydrogens (primary N) is 1. The largest absolute Gasteiger partial charge is 0.336 e. The molecule has 2 N–H and O–H groups in total. The average Bonchev–Trinajstić information content (AvgIpc) is 3.07. The number of fused-ring (bicyclic) bond motifs is 1. The normalized spacial score (nSPS) is 22.9. The first-order chi connectivity index (χ1) is 11.5. The molecular formula is C18H21N3O3. The van der Waals surface area contributed by atoms with Crippen molar-refractivity contribution in [1.82, 2.24) is 9.80 Å². The summed E-state index contributed by atoms with van der Waals surface area (Å²) in [5.41, 5.74) is 6.77. The lowest BCUT2D eigenvalue weighted by atomic mass is 10.0. The van der Waals surface area contributed by atoms with Crippen molar-refractivity contribution in [1.29, 1.82) is 0 Å². The fraction of sp³-hybridized carbons (Fsp3) is 0.389. The maximum Gasteiger partial charge on any atom is 0.261 e. The Kier molecular flexibility index (Phi) is 4.24. The average molecular weight is 327 g/mol. The molecule has 2 heterocycles. The molecule has 0 bridgehead atoms. The van der Waals surface area contributed by atoms with E-state index in [0.29, 0.717) is 30.1 Å². The van der Waals surface area contributed by atoms with Gasteiger partial charge in [-0.15, -0.1) is 6.58 Å². The van der Waals surface area contributed by atoms with Crippen molar-refractivity contribution < 1.29 is 14.4 Å². The third-order valence-corrected chi connectivity index (χ3v) is 4.78. The molecule has 0 aromatic heterocycles. The van der Waals surface area contributed by atoms with Crippen molar-refractivity contribution in [2.45, 2.75) is 19.4 Å². The van der Waals surface area contributed by atoms with Gasteiger partial charge in [-0.1, -0.05) is 6.08 Å². The molecule has 0 radical (unpaired) electrons. The molecule has 2 aliphatic rings. The van der Waals surface area contributed by atoms with Gasteiger partial charge in [0.1, 0.15) is 0 Å². The van der Waals surface area contributed by atoms with E-state index in [9.17, 15) is 14.4 Å². The zero-order chi connectivity index (χ0) is 17.4. The molecule has 3 rings (SSSR count). The molecule has 6 heteroatoms. The van der Waals surface area contributed by atoms with Crippen molar-refractivity contribution in [2.24, 2.45) is 11.7 Å². The van der Waals surface area contributed by atoms with E-state index in [1.54, 1.807) is 17.0 Å².